The lowest BCUT2D eigenvalue weighted by molar-refractivity contribution is 0.426. The summed E-state index contributed by atoms with van der Waals surface area (Å²) < 4.78 is 1.89. The van der Waals surface area contributed by atoms with Crippen LogP contribution >= 0.6 is 89.9 Å². The van der Waals surface area contributed by atoms with Gasteiger partial charge in [0.15, 0.2) is 23.3 Å². The molecule has 2 heterocycles. The quantitative estimate of drug-likeness (QED) is 0.164. The number of halogens is 7. The van der Waals surface area contributed by atoms with E-state index in [9.17, 15) is 0 Å². The topological polar surface area (TPSA) is 118 Å². The highest BCUT2D eigenvalue weighted by molar-refractivity contribution is 9.10. The number of hydrogen-bond donors (Lipinski definition) is 2. The van der Waals surface area contributed by atoms with Crippen LogP contribution in [0.5, 0.6) is 0 Å². The third-order valence-electron chi connectivity index (χ3n) is 6.69. The molecule has 260 valence electrons. The van der Waals surface area contributed by atoms with Gasteiger partial charge in [0.2, 0.25) is 10.6 Å². The Morgan fingerprint density at radius 1 is 0.404 bits per heavy atom. The molecule has 52 heavy (non-hydrogen) atoms. The summed E-state index contributed by atoms with van der Waals surface area (Å²) in [4.78, 5) is 25.6. The summed E-state index contributed by atoms with van der Waals surface area (Å²) in [6, 6.07) is 36.7. The SMILES string of the molecule is Clc1cccc(-c2nc(-c3cccc(Cl)c3)nc(-c3cccc(Br)c3)n2)c1.Clc1nc(Cl)nc(-c2cccc(Br)c2)n1.OB(O)c1cccc(Cl)c1. The van der Waals surface area contributed by atoms with Crippen molar-refractivity contribution < 1.29 is 10.0 Å². The predicted molar refractivity (Wildman–Crippen MR) is 218 cm³/mol. The molecular formula is C36H22BBr2Cl5N6O2. The van der Waals surface area contributed by atoms with E-state index < -0.39 is 7.12 Å². The Hall–Kier alpha value is -3.49. The minimum atomic E-state index is -1.43. The normalized spacial score (nSPS) is 10.4. The zero-order valence-electron chi connectivity index (χ0n) is 26.3. The Bertz CT molecular complexity index is 2150. The highest BCUT2D eigenvalue weighted by Crippen LogP contribution is 2.28. The molecule has 0 aliphatic heterocycles. The summed E-state index contributed by atoms with van der Waals surface area (Å²) in [7, 11) is -1.43. The minimum absolute atomic E-state index is 0.0879. The van der Waals surface area contributed by atoms with Gasteiger partial charge in [0.05, 0.1) is 0 Å². The van der Waals surface area contributed by atoms with Gasteiger partial charge in [-0.3, -0.25) is 0 Å². The maximum atomic E-state index is 8.65. The summed E-state index contributed by atoms with van der Waals surface area (Å²) >= 11 is 36.1. The van der Waals surface area contributed by atoms with Gasteiger partial charge in [0.1, 0.15) is 0 Å². The smallest absolute Gasteiger partial charge is 0.423 e. The summed E-state index contributed by atoms with van der Waals surface area (Å²) in [5.41, 5.74) is 3.77. The molecule has 7 rings (SSSR count). The molecular weight excluding hydrogens is 896 g/mol. The monoisotopic (exact) mass is 914 g/mol. The van der Waals surface area contributed by atoms with Gasteiger partial charge in [0, 0.05) is 46.3 Å². The van der Waals surface area contributed by atoms with Crippen molar-refractivity contribution in [2.24, 2.45) is 0 Å². The average molecular weight is 918 g/mol. The van der Waals surface area contributed by atoms with Crippen LogP contribution in [0, 0.1) is 0 Å². The Morgan fingerprint density at radius 3 is 1.10 bits per heavy atom. The van der Waals surface area contributed by atoms with Gasteiger partial charge < -0.3 is 10.0 Å². The van der Waals surface area contributed by atoms with E-state index in [1.54, 1.807) is 18.2 Å². The van der Waals surface area contributed by atoms with E-state index in [1.807, 2.05) is 97.1 Å². The molecule has 2 N–H and O–H groups in total. The first kappa shape index (κ1) is 39.7. The number of benzene rings is 5. The molecule has 0 spiro atoms. The molecule has 5 aromatic carbocycles. The van der Waals surface area contributed by atoms with E-state index in [0.717, 1.165) is 31.2 Å². The van der Waals surface area contributed by atoms with Crippen molar-refractivity contribution in [3.8, 4) is 45.6 Å². The van der Waals surface area contributed by atoms with Crippen LogP contribution in [0.3, 0.4) is 0 Å². The summed E-state index contributed by atoms with van der Waals surface area (Å²) in [6.07, 6.45) is 0. The maximum Gasteiger partial charge on any atom is 0.488 e. The molecule has 2 aromatic heterocycles. The zero-order valence-corrected chi connectivity index (χ0v) is 33.3. The lowest BCUT2D eigenvalue weighted by Gasteiger charge is -2.09. The van der Waals surface area contributed by atoms with Crippen LogP contribution in [0.4, 0.5) is 0 Å². The number of nitrogens with zero attached hydrogens (tertiary/aromatic N) is 6. The first-order chi connectivity index (χ1) is 24.9. The third-order valence-corrected chi connectivity index (χ3v) is 8.72. The highest BCUT2D eigenvalue weighted by atomic mass is 79.9. The van der Waals surface area contributed by atoms with Gasteiger partial charge in [-0.15, -0.1) is 0 Å². The van der Waals surface area contributed by atoms with Crippen molar-refractivity contribution >= 4 is 102 Å². The lowest BCUT2D eigenvalue weighted by atomic mass is 9.81. The molecule has 0 amide bonds. The van der Waals surface area contributed by atoms with Crippen LogP contribution < -0.4 is 5.46 Å². The van der Waals surface area contributed by atoms with Crippen LogP contribution in [0.25, 0.3) is 45.6 Å². The summed E-state index contributed by atoms with van der Waals surface area (Å²) in [5.74, 6) is 2.15. The molecule has 0 aliphatic rings. The van der Waals surface area contributed by atoms with Crippen molar-refractivity contribution in [1.29, 1.82) is 0 Å². The molecule has 0 fully saturated rings. The van der Waals surface area contributed by atoms with Crippen molar-refractivity contribution in [2.45, 2.75) is 0 Å². The Morgan fingerprint density at radius 2 is 0.750 bits per heavy atom. The van der Waals surface area contributed by atoms with Crippen LogP contribution in [0.2, 0.25) is 25.6 Å². The standard InChI is InChI=1S/C21H12BrCl2N3.C9H4BrCl2N3.C6H6BClO2/c22-16-7-1-4-13(10-16)19-25-20(14-5-2-8-17(23)11-14)27-21(26-19)15-6-3-9-18(24)12-15;10-6-3-1-2-5(4-6)7-13-8(11)15-9(12)14-7;8-6-3-1-2-5(4-6)7(9)10/h1-12H;1-4H;1-4,9-10H. The van der Waals surface area contributed by atoms with E-state index in [-0.39, 0.29) is 10.6 Å². The maximum absolute atomic E-state index is 8.65. The van der Waals surface area contributed by atoms with Gasteiger partial charge in [-0.1, -0.05) is 127 Å². The second-order valence-corrected chi connectivity index (χ2v) is 14.3. The molecule has 0 radical (unpaired) electrons. The number of rotatable bonds is 5. The second kappa shape index (κ2) is 19.0. The largest absolute Gasteiger partial charge is 0.488 e. The molecule has 0 bridgehead atoms. The Labute approximate surface area is 341 Å². The Kier molecular flexibility index (Phi) is 14.5. The predicted octanol–water partition coefficient (Wildman–Crippen LogP) is 10.6. The molecule has 0 atom stereocenters. The van der Waals surface area contributed by atoms with Gasteiger partial charge in [-0.2, -0.15) is 15.0 Å². The number of aromatic nitrogens is 6. The number of hydrogen-bond acceptors (Lipinski definition) is 8. The lowest BCUT2D eigenvalue weighted by Crippen LogP contribution is -2.29. The first-order valence-electron chi connectivity index (χ1n) is 14.9. The van der Waals surface area contributed by atoms with E-state index in [1.165, 1.54) is 6.07 Å². The summed E-state index contributed by atoms with van der Waals surface area (Å²) in [5, 5.41) is 19.2. The highest BCUT2D eigenvalue weighted by Gasteiger charge is 2.13. The van der Waals surface area contributed by atoms with E-state index in [2.05, 4.69) is 61.8 Å². The first-order valence-corrected chi connectivity index (χ1v) is 18.4. The molecule has 0 unspecified atom stereocenters. The molecule has 0 aliphatic carbocycles. The van der Waals surface area contributed by atoms with Gasteiger partial charge >= 0.3 is 7.12 Å². The van der Waals surface area contributed by atoms with Crippen LogP contribution in [-0.4, -0.2) is 47.1 Å². The van der Waals surface area contributed by atoms with Crippen LogP contribution in [0.1, 0.15) is 0 Å². The van der Waals surface area contributed by atoms with Crippen LogP contribution in [0.15, 0.2) is 130 Å². The van der Waals surface area contributed by atoms with Crippen LogP contribution in [-0.2, 0) is 0 Å². The molecule has 8 nitrogen and oxygen atoms in total. The zero-order chi connectivity index (χ0) is 37.2. The van der Waals surface area contributed by atoms with E-state index in [0.29, 0.717) is 43.8 Å². The molecule has 0 saturated carbocycles. The Balaban J connectivity index is 0.000000175. The second-order valence-electron chi connectivity index (χ2n) is 10.5. The van der Waals surface area contributed by atoms with Crippen molar-refractivity contribution in [1.82, 2.24) is 29.9 Å². The van der Waals surface area contributed by atoms with Gasteiger partial charge in [0.25, 0.3) is 0 Å². The summed E-state index contributed by atoms with van der Waals surface area (Å²) in [6.45, 7) is 0. The molecule has 7 aromatic rings. The fraction of sp³-hybridized carbons (Fsp3) is 0. The third kappa shape index (κ3) is 11.8. The minimum Gasteiger partial charge on any atom is -0.423 e. The van der Waals surface area contributed by atoms with Gasteiger partial charge in [-0.25, -0.2) is 15.0 Å². The van der Waals surface area contributed by atoms with Crippen molar-refractivity contribution in [3.05, 3.63) is 156 Å². The molecule has 0 saturated heterocycles. The van der Waals surface area contributed by atoms with Gasteiger partial charge in [-0.05, 0) is 89.3 Å². The van der Waals surface area contributed by atoms with E-state index in [4.69, 9.17) is 68.1 Å². The fourth-order valence-corrected chi connectivity index (χ4v) is 6.14. The van der Waals surface area contributed by atoms with Crippen molar-refractivity contribution in [2.75, 3.05) is 0 Å². The fourth-order valence-electron chi connectivity index (χ4n) is 4.40. The molecule has 16 heteroatoms. The average Bonchev–Trinajstić information content (AvgIpc) is 3.12. The van der Waals surface area contributed by atoms with E-state index >= 15 is 0 Å². The van der Waals surface area contributed by atoms with Crippen molar-refractivity contribution in [3.63, 3.8) is 0 Å².